The molecule has 0 aromatic carbocycles. The molecule has 5 nitrogen and oxygen atoms in total. The summed E-state index contributed by atoms with van der Waals surface area (Å²) in [5, 5.41) is 30.7. The molecule has 0 amide bonds. The minimum absolute atomic E-state index is 0.324. The Morgan fingerprint density at radius 1 is 1.50 bits per heavy atom. The van der Waals surface area contributed by atoms with Crippen molar-refractivity contribution in [1.29, 1.82) is 0 Å². The average molecular weight is 280 g/mol. The van der Waals surface area contributed by atoms with Crippen LogP contribution in [0, 0.1) is 10.8 Å². The molecule has 1 aliphatic heterocycles. The summed E-state index contributed by atoms with van der Waals surface area (Å²) in [6.07, 6.45) is -1.20. The van der Waals surface area contributed by atoms with E-state index in [2.05, 4.69) is 6.58 Å². The van der Waals surface area contributed by atoms with E-state index in [0.29, 0.717) is 17.6 Å². The molecule has 1 heterocycles. The van der Waals surface area contributed by atoms with Gasteiger partial charge in [0.05, 0.1) is 24.2 Å². The van der Waals surface area contributed by atoms with Crippen molar-refractivity contribution in [3.05, 3.63) is 23.8 Å². The lowest BCUT2D eigenvalue weighted by Gasteiger charge is -2.56. The number of hydrogen-bond donors (Lipinski definition) is 3. The van der Waals surface area contributed by atoms with Gasteiger partial charge in [-0.2, -0.15) is 0 Å². The number of aliphatic hydroxyl groups is 3. The highest BCUT2D eigenvalue weighted by Crippen LogP contribution is 2.63. The summed E-state index contributed by atoms with van der Waals surface area (Å²) >= 11 is 0. The Hall–Kier alpha value is -1.01. The van der Waals surface area contributed by atoms with E-state index in [1.807, 2.05) is 6.92 Å². The second kappa shape index (κ2) is 4.01. The fourth-order valence-electron chi connectivity index (χ4n) is 4.21. The first-order valence-corrected chi connectivity index (χ1v) is 6.84. The first-order valence-electron chi connectivity index (χ1n) is 6.84. The number of hydrogen-bond acceptors (Lipinski definition) is 5. The van der Waals surface area contributed by atoms with Gasteiger partial charge in [-0.1, -0.05) is 13.5 Å². The number of carbonyl (C=O) groups is 1. The van der Waals surface area contributed by atoms with Crippen LogP contribution in [0.4, 0.5) is 0 Å². The standard InChI is InChI=1S/C15H20O5/c1-7-4-10-15(6-16,13(19)11(7)18)14(3)5-9(17)12(20-10)8(14)2/h4,9-10,12-13,16-17,19H,2,5-6H2,1,3H3/t9-,10-,12+,13-,14+,15?/m1/s1. The summed E-state index contributed by atoms with van der Waals surface area (Å²) in [6, 6.07) is 0. The Bertz CT molecular complexity index is 524. The Labute approximate surface area is 117 Å². The molecule has 1 saturated heterocycles. The lowest BCUT2D eigenvalue weighted by Crippen LogP contribution is -2.65. The Morgan fingerprint density at radius 2 is 2.15 bits per heavy atom. The van der Waals surface area contributed by atoms with Gasteiger partial charge >= 0.3 is 0 Å². The van der Waals surface area contributed by atoms with Crippen molar-refractivity contribution in [3.8, 4) is 0 Å². The topological polar surface area (TPSA) is 87.0 Å². The first-order chi connectivity index (χ1) is 9.29. The molecule has 20 heavy (non-hydrogen) atoms. The van der Waals surface area contributed by atoms with Crippen molar-refractivity contribution in [1.82, 2.24) is 0 Å². The van der Waals surface area contributed by atoms with E-state index < -0.39 is 47.6 Å². The highest BCUT2D eigenvalue weighted by Gasteiger charge is 2.69. The molecule has 1 saturated carbocycles. The summed E-state index contributed by atoms with van der Waals surface area (Å²) in [5.74, 6) is -0.396. The second-order valence-electron chi connectivity index (χ2n) is 6.42. The fourth-order valence-corrected chi connectivity index (χ4v) is 4.21. The van der Waals surface area contributed by atoms with Crippen molar-refractivity contribution in [2.75, 3.05) is 6.61 Å². The molecule has 2 bridgehead atoms. The van der Waals surface area contributed by atoms with Crippen LogP contribution in [0.15, 0.2) is 23.8 Å². The van der Waals surface area contributed by atoms with Gasteiger partial charge in [0.15, 0.2) is 5.78 Å². The molecule has 3 rings (SSSR count). The maximum absolute atomic E-state index is 12.2. The van der Waals surface area contributed by atoms with Crippen LogP contribution in [-0.4, -0.2) is 52.1 Å². The van der Waals surface area contributed by atoms with E-state index in [-0.39, 0.29) is 0 Å². The zero-order chi connectivity index (χ0) is 14.9. The van der Waals surface area contributed by atoms with Gasteiger partial charge in [-0.3, -0.25) is 4.79 Å². The van der Waals surface area contributed by atoms with Crippen LogP contribution in [0.2, 0.25) is 0 Å². The number of rotatable bonds is 1. The molecule has 0 spiro atoms. The van der Waals surface area contributed by atoms with E-state index in [4.69, 9.17) is 4.74 Å². The van der Waals surface area contributed by atoms with Crippen LogP contribution in [0.5, 0.6) is 0 Å². The van der Waals surface area contributed by atoms with Crippen molar-refractivity contribution >= 4 is 5.78 Å². The van der Waals surface area contributed by atoms with Gasteiger partial charge in [0.2, 0.25) is 0 Å². The van der Waals surface area contributed by atoms with Crippen molar-refractivity contribution in [2.24, 2.45) is 10.8 Å². The van der Waals surface area contributed by atoms with Crippen LogP contribution < -0.4 is 0 Å². The van der Waals surface area contributed by atoms with Gasteiger partial charge in [0, 0.05) is 5.41 Å². The minimum Gasteiger partial charge on any atom is -0.396 e. The Balaban J connectivity index is 2.23. The maximum Gasteiger partial charge on any atom is 0.187 e. The molecular formula is C15H20O5. The summed E-state index contributed by atoms with van der Waals surface area (Å²) in [4.78, 5) is 12.2. The lowest BCUT2D eigenvalue weighted by atomic mass is 9.53. The lowest BCUT2D eigenvalue weighted by molar-refractivity contribution is -0.192. The van der Waals surface area contributed by atoms with Crippen LogP contribution in [0.1, 0.15) is 20.3 Å². The second-order valence-corrected chi connectivity index (χ2v) is 6.42. The molecule has 3 N–H and O–H groups in total. The maximum atomic E-state index is 12.2. The molecule has 0 radical (unpaired) electrons. The minimum atomic E-state index is -1.35. The number of carbonyl (C=O) groups excluding carboxylic acids is 1. The van der Waals surface area contributed by atoms with Crippen LogP contribution in [0.25, 0.3) is 0 Å². The van der Waals surface area contributed by atoms with Crippen molar-refractivity contribution in [3.63, 3.8) is 0 Å². The molecule has 3 aliphatic rings. The predicted octanol–water partition coefficient (Wildman–Crippen LogP) is -0.0505. The number of ketones is 1. The molecule has 0 aromatic rings. The SMILES string of the molecule is C=C1[C@@H]2O[C@@H]3C=C(C)C(=O)[C@@H](O)C3(CO)[C@@]1(C)C[C@H]2O. The molecule has 1 unspecified atom stereocenters. The quantitative estimate of drug-likeness (QED) is 0.586. The van der Waals surface area contributed by atoms with Gasteiger partial charge in [-0.25, -0.2) is 0 Å². The highest BCUT2D eigenvalue weighted by atomic mass is 16.5. The summed E-state index contributed by atoms with van der Waals surface area (Å²) in [7, 11) is 0. The van der Waals surface area contributed by atoms with Crippen LogP contribution in [0.3, 0.4) is 0 Å². The van der Waals surface area contributed by atoms with Gasteiger partial charge in [-0.15, -0.1) is 0 Å². The molecule has 2 aliphatic carbocycles. The first kappa shape index (κ1) is 13.9. The molecule has 0 aromatic heterocycles. The van der Waals surface area contributed by atoms with Gasteiger partial charge < -0.3 is 20.1 Å². The predicted molar refractivity (Wildman–Crippen MR) is 70.8 cm³/mol. The summed E-state index contributed by atoms with van der Waals surface area (Å²) in [6.45, 7) is 7.05. The van der Waals surface area contributed by atoms with Crippen LogP contribution in [-0.2, 0) is 9.53 Å². The van der Waals surface area contributed by atoms with Crippen LogP contribution >= 0.6 is 0 Å². The Morgan fingerprint density at radius 3 is 2.75 bits per heavy atom. The van der Waals surface area contributed by atoms with Gasteiger partial charge in [-0.05, 0) is 30.6 Å². The van der Waals surface area contributed by atoms with Crippen molar-refractivity contribution < 1.29 is 24.9 Å². The zero-order valence-corrected chi connectivity index (χ0v) is 11.7. The normalized spacial score (nSPS) is 51.0. The van der Waals surface area contributed by atoms with Gasteiger partial charge in [0.25, 0.3) is 0 Å². The van der Waals surface area contributed by atoms with E-state index in [1.54, 1.807) is 13.0 Å². The third kappa shape index (κ3) is 1.29. The average Bonchev–Trinajstić information content (AvgIpc) is 2.55. The zero-order valence-electron chi connectivity index (χ0n) is 11.7. The van der Waals surface area contributed by atoms with Crippen molar-refractivity contribution in [2.45, 2.75) is 44.7 Å². The van der Waals surface area contributed by atoms with E-state index in [1.165, 1.54) is 0 Å². The van der Waals surface area contributed by atoms with E-state index >= 15 is 0 Å². The molecular weight excluding hydrogens is 260 g/mol. The fraction of sp³-hybridized carbons (Fsp3) is 0.667. The highest BCUT2D eigenvalue weighted by molar-refractivity contribution is 6.00. The number of Topliss-reactive ketones (excluding diaryl/α,β-unsaturated/α-hetero) is 1. The monoisotopic (exact) mass is 280 g/mol. The largest absolute Gasteiger partial charge is 0.396 e. The van der Waals surface area contributed by atoms with Gasteiger partial charge in [0.1, 0.15) is 12.2 Å². The third-order valence-corrected chi connectivity index (χ3v) is 5.64. The summed E-state index contributed by atoms with van der Waals surface area (Å²) < 4.78 is 5.86. The van der Waals surface area contributed by atoms with E-state index in [0.717, 1.165) is 0 Å². The number of aliphatic hydroxyl groups excluding tert-OH is 3. The third-order valence-electron chi connectivity index (χ3n) is 5.64. The summed E-state index contributed by atoms with van der Waals surface area (Å²) in [5.41, 5.74) is -0.831. The molecule has 2 fully saturated rings. The molecule has 6 atom stereocenters. The molecule has 110 valence electrons. The van der Waals surface area contributed by atoms with E-state index in [9.17, 15) is 20.1 Å². The molecule has 5 heteroatoms. The Kier molecular flexibility index (Phi) is 2.80. The number of fused-ring (bicyclic) bond motifs is 4. The number of ether oxygens (including phenoxy) is 1. The smallest absolute Gasteiger partial charge is 0.187 e.